The fourth-order valence-electron chi connectivity index (χ4n) is 4.48. The second-order valence-electron chi connectivity index (χ2n) is 8.25. The van der Waals surface area contributed by atoms with Crippen molar-refractivity contribution in [3.05, 3.63) is 63.9 Å². The third kappa shape index (κ3) is 4.89. The highest BCUT2D eigenvalue weighted by molar-refractivity contribution is 7.71. The number of benzene rings is 2. The summed E-state index contributed by atoms with van der Waals surface area (Å²) >= 11 is 11.5. The van der Waals surface area contributed by atoms with Gasteiger partial charge in [0.15, 0.2) is 10.6 Å². The van der Waals surface area contributed by atoms with E-state index in [2.05, 4.69) is 27.6 Å². The fraction of sp³-hybridized carbons (Fsp3) is 0.375. The molecule has 0 atom stereocenters. The van der Waals surface area contributed by atoms with E-state index < -0.39 is 0 Å². The minimum atomic E-state index is -0.0134. The number of H-pyrrole nitrogens is 1. The Hall–Kier alpha value is -2.64. The summed E-state index contributed by atoms with van der Waals surface area (Å²) in [6.07, 6.45) is 4.82. The van der Waals surface area contributed by atoms with Gasteiger partial charge >= 0.3 is 0 Å². The van der Waals surface area contributed by atoms with Crippen LogP contribution in [0.25, 0.3) is 11.4 Å². The van der Waals surface area contributed by atoms with E-state index >= 15 is 0 Å². The van der Waals surface area contributed by atoms with E-state index in [0.29, 0.717) is 30.1 Å². The topological polar surface area (TPSA) is 71.9 Å². The summed E-state index contributed by atoms with van der Waals surface area (Å²) in [4.78, 5) is 12.7. The van der Waals surface area contributed by atoms with Gasteiger partial charge in [-0.1, -0.05) is 36.6 Å². The maximum absolute atomic E-state index is 12.7. The van der Waals surface area contributed by atoms with Gasteiger partial charge in [0.1, 0.15) is 5.75 Å². The van der Waals surface area contributed by atoms with Gasteiger partial charge in [-0.3, -0.25) is 14.5 Å². The van der Waals surface area contributed by atoms with Gasteiger partial charge in [-0.2, -0.15) is 5.10 Å². The Morgan fingerprint density at radius 3 is 2.53 bits per heavy atom. The minimum absolute atomic E-state index is 0.00835. The lowest BCUT2D eigenvalue weighted by Crippen LogP contribution is -2.39. The third-order valence-corrected chi connectivity index (χ3v) is 6.87. The molecule has 168 valence electrons. The van der Waals surface area contributed by atoms with E-state index in [1.807, 2.05) is 41.0 Å². The summed E-state index contributed by atoms with van der Waals surface area (Å²) in [7, 11) is 1.63. The standard InChI is InChI=1S/C24H27ClN4O2S/c1-31-20-10-4-17(5-11-20)22-27-28-23(32)29(22)15-12-21(30)26-16-24(13-2-3-14-24)18-6-8-19(25)9-7-18/h4-11H,2-3,12-16H2,1H3,(H,26,30)(H,28,32). The highest BCUT2D eigenvalue weighted by Gasteiger charge is 2.35. The van der Waals surface area contributed by atoms with Gasteiger partial charge in [-0.25, -0.2) is 0 Å². The number of carbonyl (C=O) groups excluding carboxylic acids is 1. The summed E-state index contributed by atoms with van der Waals surface area (Å²) in [6, 6.07) is 15.6. The summed E-state index contributed by atoms with van der Waals surface area (Å²) in [5, 5.41) is 11.1. The van der Waals surface area contributed by atoms with Crippen LogP contribution in [-0.2, 0) is 16.8 Å². The number of rotatable bonds is 8. The smallest absolute Gasteiger partial charge is 0.221 e. The largest absolute Gasteiger partial charge is 0.497 e. The van der Waals surface area contributed by atoms with Crippen LogP contribution in [0.4, 0.5) is 0 Å². The van der Waals surface area contributed by atoms with Gasteiger partial charge in [-0.15, -0.1) is 0 Å². The Kier molecular flexibility index (Phi) is 6.96. The van der Waals surface area contributed by atoms with E-state index in [-0.39, 0.29) is 11.3 Å². The Bertz CT molecular complexity index is 1120. The summed E-state index contributed by atoms with van der Waals surface area (Å²) in [5.41, 5.74) is 2.14. The van der Waals surface area contributed by atoms with E-state index in [0.717, 1.165) is 29.2 Å². The molecule has 8 heteroatoms. The Balaban J connectivity index is 1.40. The van der Waals surface area contributed by atoms with Gasteiger partial charge in [-0.05, 0) is 67.0 Å². The SMILES string of the molecule is COc1ccc(-c2n[nH]c(=S)n2CCC(=O)NCC2(c3ccc(Cl)cc3)CCCC2)cc1. The van der Waals surface area contributed by atoms with Crippen LogP contribution in [0.3, 0.4) is 0 Å². The normalized spacial score (nSPS) is 14.9. The molecule has 2 aromatic carbocycles. The zero-order valence-corrected chi connectivity index (χ0v) is 19.6. The number of hydrogen-bond donors (Lipinski definition) is 2. The monoisotopic (exact) mass is 470 g/mol. The van der Waals surface area contributed by atoms with Crippen LogP contribution in [0.1, 0.15) is 37.7 Å². The Morgan fingerprint density at radius 2 is 1.88 bits per heavy atom. The molecule has 1 aliphatic rings. The lowest BCUT2D eigenvalue weighted by atomic mass is 9.79. The molecule has 1 aliphatic carbocycles. The van der Waals surface area contributed by atoms with E-state index in [4.69, 9.17) is 28.6 Å². The molecular weight excluding hydrogens is 444 g/mol. The van der Waals surface area contributed by atoms with E-state index in [1.165, 1.54) is 18.4 Å². The summed E-state index contributed by atoms with van der Waals surface area (Å²) in [6.45, 7) is 1.09. The number of hydrogen-bond acceptors (Lipinski definition) is 4. The number of carbonyl (C=O) groups is 1. The molecule has 0 unspecified atom stereocenters. The molecule has 0 saturated heterocycles. The van der Waals surface area contributed by atoms with Crippen LogP contribution >= 0.6 is 23.8 Å². The molecule has 32 heavy (non-hydrogen) atoms. The molecule has 1 aromatic heterocycles. The summed E-state index contributed by atoms with van der Waals surface area (Å²) < 4.78 is 7.58. The number of halogens is 1. The second-order valence-corrected chi connectivity index (χ2v) is 9.08. The molecule has 0 bridgehead atoms. The van der Waals surface area contributed by atoms with Crippen molar-refractivity contribution in [2.24, 2.45) is 0 Å². The molecule has 0 spiro atoms. The molecular formula is C24H27ClN4O2S. The third-order valence-electron chi connectivity index (χ3n) is 6.31. The Labute approximate surface area is 198 Å². The molecule has 2 N–H and O–H groups in total. The molecule has 3 aromatic rings. The van der Waals surface area contributed by atoms with Crippen molar-refractivity contribution < 1.29 is 9.53 Å². The number of nitrogens with one attached hydrogen (secondary N) is 2. The number of aromatic nitrogens is 3. The number of nitrogens with zero attached hydrogens (tertiary/aromatic N) is 2. The number of amides is 1. The highest BCUT2D eigenvalue weighted by Crippen LogP contribution is 2.41. The molecule has 1 saturated carbocycles. The lowest BCUT2D eigenvalue weighted by Gasteiger charge is -2.30. The van der Waals surface area contributed by atoms with Crippen LogP contribution in [0, 0.1) is 4.77 Å². The molecule has 1 heterocycles. The number of methoxy groups -OCH3 is 1. The predicted molar refractivity (Wildman–Crippen MR) is 129 cm³/mol. The van der Waals surface area contributed by atoms with Crippen molar-refractivity contribution in [3.8, 4) is 17.1 Å². The average molecular weight is 471 g/mol. The van der Waals surface area contributed by atoms with Crippen molar-refractivity contribution >= 4 is 29.7 Å². The first kappa shape index (κ1) is 22.6. The van der Waals surface area contributed by atoms with Crippen LogP contribution in [0.15, 0.2) is 48.5 Å². The van der Waals surface area contributed by atoms with Crippen LogP contribution in [0.5, 0.6) is 5.75 Å². The van der Waals surface area contributed by atoms with Gasteiger partial charge in [0.25, 0.3) is 0 Å². The van der Waals surface area contributed by atoms with Crippen molar-refractivity contribution in [1.29, 1.82) is 0 Å². The number of aromatic amines is 1. The molecule has 1 amide bonds. The van der Waals surface area contributed by atoms with Gasteiger partial charge in [0.2, 0.25) is 5.91 Å². The first-order chi connectivity index (χ1) is 15.5. The molecule has 1 fully saturated rings. The maximum Gasteiger partial charge on any atom is 0.221 e. The van der Waals surface area contributed by atoms with Crippen LogP contribution < -0.4 is 10.1 Å². The van der Waals surface area contributed by atoms with Crippen LogP contribution in [-0.4, -0.2) is 34.3 Å². The van der Waals surface area contributed by atoms with Crippen molar-refractivity contribution in [2.75, 3.05) is 13.7 Å². The maximum atomic E-state index is 12.7. The first-order valence-electron chi connectivity index (χ1n) is 10.8. The van der Waals surface area contributed by atoms with Crippen LogP contribution in [0.2, 0.25) is 5.02 Å². The minimum Gasteiger partial charge on any atom is -0.497 e. The molecule has 6 nitrogen and oxygen atoms in total. The highest BCUT2D eigenvalue weighted by atomic mass is 35.5. The zero-order valence-electron chi connectivity index (χ0n) is 18.1. The molecule has 4 rings (SSSR count). The predicted octanol–water partition coefficient (Wildman–Crippen LogP) is 5.29. The van der Waals surface area contributed by atoms with Crippen molar-refractivity contribution in [1.82, 2.24) is 20.1 Å². The van der Waals surface area contributed by atoms with E-state index in [9.17, 15) is 4.79 Å². The van der Waals surface area contributed by atoms with Gasteiger partial charge < -0.3 is 10.1 Å². The molecule has 0 aliphatic heterocycles. The summed E-state index contributed by atoms with van der Waals surface area (Å²) in [5.74, 6) is 1.49. The zero-order chi connectivity index (χ0) is 22.6. The quantitative estimate of drug-likeness (QED) is 0.439. The second kappa shape index (κ2) is 9.88. The van der Waals surface area contributed by atoms with Gasteiger partial charge in [0.05, 0.1) is 7.11 Å². The lowest BCUT2D eigenvalue weighted by molar-refractivity contribution is -0.121. The number of ether oxygens (including phenoxy) is 1. The van der Waals surface area contributed by atoms with Gasteiger partial charge in [0, 0.05) is 35.5 Å². The average Bonchev–Trinajstić information content (AvgIpc) is 3.44. The first-order valence-corrected chi connectivity index (χ1v) is 11.6. The van der Waals surface area contributed by atoms with E-state index in [1.54, 1.807) is 7.11 Å². The van der Waals surface area contributed by atoms with Crippen molar-refractivity contribution in [3.63, 3.8) is 0 Å². The molecule has 0 radical (unpaired) electrons. The fourth-order valence-corrected chi connectivity index (χ4v) is 4.83. The Morgan fingerprint density at radius 1 is 1.19 bits per heavy atom. The van der Waals surface area contributed by atoms with Crippen molar-refractivity contribution in [2.45, 2.75) is 44.1 Å².